The second-order valence-electron chi connectivity index (χ2n) is 7.55. The van der Waals surface area contributed by atoms with Gasteiger partial charge in [-0.3, -0.25) is 9.78 Å². The lowest BCUT2D eigenvalue weighted by molar-refractivity contribution is -0.0775. The largest absolute Gasteiger partial charge is 0.377 e. The molecule has 0 aliphatic carbocycles. The van der Waals surface area contributed by atoms with Crippen LogP contribution in [0.5, 0.6) is 0 Å². The van der Waals surface area contributed by atoms with Crippen molar-refractivity contribution in [3.05, 3.63) is 66.0 Å². The lowest BCUT2D eigenvalue weighted by atomic mass is 9.84. The van der Waals surface area contributed by atoms with E-state index in [2.05, 4.69) is 45.1 Å². The van der Waals surface area contributed by atoms with Crippen molar-refractivity contribution in [3.8, 4) is 0 Å². The van der Waals surface area contributed by atoms with Crippen LogP contribution < -0.4 is 0 Å². The molecule has 3 heterocycles. The van der Waals surface area contributed by atoms with Crippen molar-refractivity contribution < 1.29 is 9.53 Å². The Labute approximate surface area is 161 Å². The minimum Gasteiger partial charge on any atom is -0.377 e. The number of carbonyl (C=O) groups excluding carboxylic acids is 1. The van der Waals surface area contributed by atoms with Crippen molar-refractivity contribution >= 4 is 5.91 Å². The normalized spacial score (nSPS) is 19.9. The lowest BCUT2D eigenvalue weighted by Gasteiger charge is -2.51. The molecule has 4 rings (SSSR count). The van der Waals surface area contributed by atoms with Gasteiger partial charge in [0.15, 0.2) is 0 Å². The Bertz CT molecular complexity index is 743. The molecular formula is C22H27N3O2. The summed E-state index contributed by atoms with van der Waals surface area (Å²) in [5.74, 6) is 0.110. The van der Waals surface area contributed by atoms with Crippen molar-refractivity contribution in [2.24, 2.45) is 0 Å². The van der Waals surface area contributed by atoms with E-state index in [1.807, 2.05) is 0 Å². The quantitative estimate of drug-likeness (QED) is 0.836. The van der Waals surface area contributed by atoms with E-state index in [0.717, 1.165) is 44.5 Å². The van der Waals surface area contributed by atoms with Crippen LogP contribution in [0.25, 0.3) is 0 Å². The number of morpholine rings is 1. The summed E-state index contributed by atoms with van der Waals surface area (Å²) in [6, 6.07) is 14.3. The SMILES string of the molecule is O=C(c1ccncc1)N1CCOCC12CCN(CCc1ccccc1)CC2. The molecule has 5 nitrogen and oxygen atoms in total. The van der Waals surface area contributed by atoms with Gasteiger partial charge in [0.1, 0.15) is 0 Å². The van der Waals surface area contributed by atoms with Gasteiger partial charge in [0, 0.05) is 44.1 Å². The highest BCUT2D eigenvalue weighted by Crippen LogP contribution is 2.33. The molecule has 0 saturated carbocycles. The Kier molecular flexibility index (Phi) is 5.50. The first-order valence-electron chi connectivity index (χ1n) is 9.83. The van der Waals surface area contributed by atoms with Crippen LogP contribution in [0.2, 0.25) is 0 Å². The summed E-state index contributed by atoms with van der Waals surface area (Å²) >= 11 is 0. The zero-order valence-corrected chi connectivity index (χ0v) is 15.7. The maximum atomic E-state index is 13.1. The van der Waals surface area contributed by atoms with Gasteiger partial charge in [0.25, 0.3) is 5.91 Å². The molecule has 1 aromatic heterocycles. The number of benzene rings is 1. The molecule has 0 atom stereocenters. The highest BCUT2D eigenvalue weighted by atomic mass is 16.5. The molecule has 0 radical (unpaired) electrons. The molecule has 2 aliphatic rings. The van der Waals surface area contributed by atoms with Crippen LogP contribution in [0.15, 0.2) is 54.9 Å². The van der Waals surface area contributed by atoms with E-state index >= 15 is 0 Å². The summed E-state index contributed by atoms with van der Waals surface area (Å²) < 4.78 is 5.82. The highest BCUT2D eigenvalue weighted by Gasteiger charge is 2.44. The summed E-state index contributed by atoms with van der Waals surface area (Å²) in [5.41, 5.74) is 1.94. The maximum Gasteiger partial charge on any atom is 0.254 e. The first-order chi connectivity index (χ1) is 13.3. The fourth-order valence-corrected chi connectivity index (χ4v) is 4.24. The van der Waals surface area contributed by atoms with Gasteiger partial charge in [-0.15, -0.1) is 0 Å². The molecule has 0 unspecified atom stereocenters. The van der Waals surface area contributed by atoms with Crippen molar-refractivity contribution in [1.29, 1.82) is 0 Å². The van der Waals surface area contributed by atoms with E-state index in [1.165, 1.54) is 5.56 Å². The molecule has 1 aromatic carbocycles. The number of nitrogens with zero attached hydrogens (tertiary/aromatic N) is 3. The number of likely N-dealkylation sites (tertiary alicyclic amines) is 1. The summed E-state index contributed by atoms with van der Waals surface area (Å²) in [7, 11) is 0. The monoisotopic (exact) mass is 365 g/mol. The van der Waals surface area contributed by atoms with Crippen LogP contribution in [0, 0.1) is 0 Å². The van der Waals surface area contributed by atoms with Crippen LogP contribution in [-0.2, 0) is 11.2 Å². The van der Waals surface area contributed by atoms with Crippen LogP contribution >= 0.6 is 0 Å². The molecule has 2 aromatic rings. The standard InChI is InChI=1S/C22H27N3O2/c26-21(20-6-11-23-12-7-20)25-16-17-27-18-22(25)9-14-24(15-10-22)13-8-19-4-2-1-3-5-19/h1-7,11-12H,8-10,13-18H2. The second-order valence-corrected chi connectivity index (χ2v) is 7.55. The Morgan fingerprint density at radius 1 is 1.04 bits per heavy atom. The fourth-order valence-electron chi connectivity index (χ4n) is 4.24. The molecule has 0 N–H and O–H groups in total. The van der Waals surface area contributed by atoms with Crippen LogP contribution in [0.3, 0.4) is 0 Å². The van der Waals surface area contributed by atoms with Crippen LogP contribution in [-0.4, -0.2) is 65.6 Å². The molecule has 1 amide bonds. The first-order valence-corrected chi connectivity index (χ1v) is 9.83. The third-order valence-electron chi connectivity index (χ3n) is 5.92. The average molecular weight is 365 g/mol. The zero-order chi connectivity index (χ0) is 18.5. The van der Waals surface area contributed by atoms with Gasteiger partial charge >= 0.3 is 0 Å². The van der Waals surface area contributed by atoms with Crippen molar-refractivity contribution in [3.63, 3.8) is 0 Å². The van der Waals surface area contributed by atoms with Gasteiger partial charge in [0.05, 0.1) is 18.8 Å². The number of aromatic nitrogens is 1. The summed E-state index contributed by atoms with van der Waals surface area (Å²) in [6.07, 6.45) is 6.39. The molecule has 5 heteroatoms. The Hall–Kier alpha value is -2.24. The second kappa shape index (κ2) is 8.19. The fraction of sp³-hybridized carbons (Fsp3) is 0.455. The van der Waals surface area contributed by atoms with E-state index < -0.39 is 0 Å². The lowest BCUT2D eigenvalue weighted by Crippen LogP contribution is -2.63. The summed E-state index contributed by atoms with van der Waals surface area (Å²) in [6.45, 7) is 5.03. The van der Waals surface area contributed by atoms with Gasteiger partial charge < -0.3 is 14.5 Å². The Morgan fingerprint density at radius 2 is 1.78 bits per heavy atom. The topological polar surface area (TPSA) is 45.7 Å². The number of carbonyl (C=O) groups is 1. The minimum absolute atomic E-state index is 0.110. The number of hydrogen-bond acceptors (Lipinski definition) is 4. The predicted molar refractivity (Wildman–Crippen MR) is 105 cm³/mol. The van der Waals surface area contributed by atoms with E-state index in [1.54, 1.807) is 24.5 Å². The van der Waals surface area contributed by atoms with E-state index in [-0.39, 0.29) is 11.4 Å². The summed E-state index contributed by atoms with van der Waals surface area (Å²) in [4.78, 5) is 21.7. The Balaban J connectivity index is 1.39. The summed E-state index contributed by atoms with van der Waals surface area (Å²) in [5, 5.41) is 0. The first kappa shape index (κ1) is 18.1. The number of pyridine rings is 1. The van der Waals surface area contributed by atoms with Crippen molar-refractivity contribution in [2.75, 3.05) is 39.4 Å². The smallest absolute Gasteiger partial charge is 0.254 e. The minimum atomic E-state index is -0.165. The molecule has 2 saturated heterocycles. The average Bonchev–Trinajstić information content (AvgIpc) is 2.75. The third-order valence-corrected chi connectivity index (χ3v) is 5.92. The number of ether oxygens (including phenoxy) is 1. The number of piperidine rings is 1. The Morgan fingerprint density at radius 3 is 2.52 bits per heavy atom. The van der Waals surface area contributed by atoms with Crippen molar-refractivity contribution in [2.45, 2.75) is 24.8 Å². The highest BCUT2D eigenvalue weighted by molar-refractivity contribution is 5.94. The van der Waals surface area contributed by atoms with Gasteiger partial charge in [-0.25, -0.2) is 0 Å². The third kappa shape index (κ3) is 4.04. The van der Waals surface area contributed by atoms with Gasteiger partial charge in [0.2, 0.25) is 0 Å². The van der Waals surface area contributed by atoms with Gasteiger partial charge in [-0.2, -0.15) is 0 Å². The van der Waals surface area contributed by atoms with Crippen LogP contribution in [0.1, 0.15) is 28.8 Å². The molecule has 0 bridgehead atoms. The maximum absolute atomic E-state index is 13.1. The van der Waals surface area contributed by atoms with Gasteiger partial charge in [-0.1, -0.05) is 30.3 Å². The van der Waals surface area contributed by atoms with E-state index in [0.29, 0.717) is 19.8 Å². The zero-order valence-electron chi connectivity index (χ0n) is 15.7. The number of amides is 1. The van der Waals surface area contributed by atoms with Gasteiger partial charge in [-0.05, 0) is 37.0 Å². The molecule has 142 valence electrons. The molecular weight excluding hydrogens is 338 g/mol. The molecule has 1 spiro atoms. The van der Waals surface area contributed by atoms with Crippen LogP contribution in [0.4, 0.5) is 0 Å². The molecule has 2 fully saturated rings. The molecule has 27 heavy (non-hydrogen) atoms. The van der Waals surface area contributed by atoms with Crippen molar-refractivity contribution in [1.82, 2.24) is 14.8 Å². The number of rotatable bonds is 4. The predicted octanol–water partition coefficient (Wildman–Crippen LogP) is 2.63. The number of hydrogen-bond donors (Lipinski definition) is 0. The van der Waals surface area contributed by atoms with E-state index in [4.69, 9.17) is 4.74 Å². The molecule has 2 aliphatic heterocycles. The van der Waals surface area contributed by atoms with E-state index in [9.17, 15) is 4.79 Å².